The van der Waals surface area contributed by atoms with Gasteiger partial charge < -0.3 is 4.74 Å². The van der Waals surface area contributed by atoms with Crippen LogP contribution in [0.3, 0.4) is 0 Å². The lowest BCUT2D eigenvalue weighted by Gasteiger charge is -2.00. The monoisotopic (exact) mass is 213 g/mol. The van der Waals surface area contributed by atoms with Gasteiger partial charge >= 0.3 is 0 Å². The molecule has 0 aliphatic heterocycles. The molecule has 0 N–H and O–H groups in total. The van der Waals surface area contributed by atoms with E-state index in [1.807, 2.05) is 6.07 Å². The summed E-state index contributed by atoms with van der Waals surface area (Å²) < 4.78 is 5.86. The van der Waals surface area contributed by atoms with E-state index < -0.39 is 0 Å². The van der Waals surface area contributed by atoms with Gasteiger partial charge in [-0.15, -0.1) is 0 Å². The average molecular weight is 214 g/mol. The van der Waals surface area contributed by atoms with Crippen LogP contribution in [0.1, 0.15) is 5.69 Å². The first kappa shape index (κ1) is 8.27. The maximum absolute atomic E-state index is 4.93. The second-order valence-corrected chi connectivity index (χ2v) is 2.78. The van der Waals surface area contributed by atoms with Gasteiger partial charge in [0.15, 0.2) is 0 Å². The van der Waals surface area contributed by atoms with Crippen LogP contribution in [0.2, 0.25) is 0 Å². The predicted octanol–water partition coefficient (Wildman–Crippen LogP) is 2.50. The van der Waals surface area contributed by atoms with E-state index in [4.69, 9.17) is 4.74 Å². The van der Waals surface area contributed by atoms with Crippen LogP contribution in [0.15, 0.2) is 23.2 Å². The molecule has 0 saturated carbocycles. The lowest BCUT2D eigenvalue weighted by Crippen LogP contribution is -1.89. The molecule has 58 valence electrons. The quantitative estimate of drug-likeness (QED) is 0.754. The molecule has 1 aromatic heterocycles. The van der Waals surface area contributed by atoms with Crippen LogP contribution in [0.5, 0.6) is 5.88 Å². The molecule has 11 heavy (non-hydrogen) atoms. The first-order valence-corrected chi connectivity index (χ1v) is 3.90. The molecule has 0 spiro atoms. The number of rotatable bonds is 2. The van der Waals surface area contributed by atoms with Crippen molar-refractivity contribution in [3.63, 3.8) is 0 Å². The normalized spacial score (nSPS) is 9.27. The third-order valence-corrected chi connectivity index (χ3v) is 1.92. The highest BCUT2D eigenvalue weighted by Gasteiger charge is 1.98. The number of methoxy groups -OCH3 is 1. The Hall–Kier alpha value is -0.830. The van der Waals surface area contributed by atoms with Crippen molar-refractivity contribution >= 4 is 22.0 Å². The van der Waals surface area contributed by atoms with Gasteiger partial charge in [-0.25, -0.2) is 4.98 Å². The van der Waals surface area contributed by atoms with Gasteiger partial charge in [0.05, 0.1) is 12.8 Å². The molecule has 0 bridgehead atoms. The van der Waals surface area contributed by atoms with Gasteiger partial charge in [0.2, 0.25) is 5.88 Å². The minimum atomic E-state index is 0.600. The van der Waals surface area contributed by atoms with Crippen LogP contribution < -0.4 is 4.74 Å². The van der Waals surface area contributed by atoms with Gasteiger partial charge in [0.25, 0.3) is 0 Å². The summed E-state index contributed by atoms with van der Waals surface area (Å²) in [6.07, 6.45) is 1.67. The van der Waals surface area contributed by atoms with Gasteiger partial charge in [-0.1, -0.05) is 6.58 Å². The first-order valence-electron chi connectivity index (χ1n) is 3.11. The van der Waals surface area contributed by atoms with Crippen LogP contribution >= 0.6 is 15.9 Å². The molecule has 0 atom stereocenters. The molecule has 1 rings (SSSR count). The highest BCUT2D eigenvalue weighted by Crippen LogP contribution is 2.18. The van der Waals surface area contributed by atoms with E-state index in [0.29, 0.717) is 5.88 Å². The molecule has 0 aromatic carbocycles. The Morgan fingerprint density at radius 1 is 1.64 bits per heavy atom. The van der Waals surface area contributed by atoms with Gasteiger partial charge in [-0.05, 0) is 28.1 Å². The van der Waals surface area contributed by atoms with Crippen LogP contribution in [0, 0.1) is 0 Å². The minimum Gasteiger partial charge on any atom is -0.481 e. The minimum absolute atomic E-state index is 0.600. The Kier molecular flexibility index (Phi) is 2.65. The number of hydrogen-bond donors (Lipinski definition) is 0. The summed E-state index contributed by atoms with van der Waals surface area (Å²) in [7, 11) is 1.59. The molecule has 0 radical (unpaired) electrons. The highest BCUT2D eigenvalue weighted by molar-refractivity contribution is 9.10. The van der Waals surface area contributed by atoms with E-state index in [-0.39, 0.29) is 0 Å². The second kappa shape index (κ2) is 3.53. The van der Waals surface area contributed by atoms with E-state index in [2.05, 4.69) is 27.5 Å². The summed E-state index contributed by atoms with van der Waals surface area (Å²) in [6.45, 7) is 3.62. The van der Waals surface area contributed by atoms with E-state index >= 15 is 0 Å². The molecule has 1 aromatic rings. The van der Waals surface area contributed by atoms with Crippen molar-refractivity contribution in [2.75, 3.05) is 7.11 Å². The van der Waals surface area contributed by atoms with Gasteiger partial charge in [-0.3, -0.25) is 0 Å². The summed E-state index contributed by atoms with van der Waals surface area (Å²) in [6, 6.07) is 3.67. The number of ether oxygens (including phenoxy) is 1. The summed E-state index contributed by atoms with van der Waals surface area (Å²) >= 11 is 3.33. The lowest BCUT2D eigenvalue weighted by atomic mass is 10.3. The van der Waals surface area contributed by atoms with Crippen molar-refractivity contribution in [1.82, 2.24) is 4.98 Å². The molecule has 0 aliphatic carbocycles. The third kappa shape index (κ3) is 1.80. The fraction of sp³-hybridized carbons (Fsp3) is 0.125. The standard InChI is InChI=1S/C8H8BrNO/c1-3-7-6(9)4-5-8(10-7)11-2/h3-5H,1H2,2H3. The highest BCUT2D eigenvalue weighted by atomic mass is 79.9. The van der Waals surface area contributed by atoms with Crippen LogP contribution in [-0.4, -0.2) is 12.1 Å². The molecule has 0 aliphatic rings. The number of aromatic nitrogens is 1. The van der Waals surface area contributed by atoms with Crippen molar-refractivity contribution in [1.29, 1.82) is 0 Å². The number of hydrogen-bond acceptors (Lipinski definition) is 2. The van der Waals surface area contributed by atoms with Crippen molar-refractivity contribution < 1.29 is 4.74 Å². The SMILES string of the molecule is C=Cc1nc(OC)ccc1Br. The van der Waals surface area contributed by atoms with Crippen molar-refractivity contribution in [3.05, 3.63) is 28.9 Å². The number of nitrogens with zero attached hydrogens (tertiary/aromatic N) is 1. The molecular formula is C8H8BrNO. The fourth-order valence-electron chi connectivity index (χ4n) is 0.696. The van der Waals surface area contributed by atoms with Crippen molar-refractivity contribution in [2.24, 2.45) is 0 Å². The topological polar surface area (TPSA) is 22.1 Å². The molecule has 0 fully saturated rings. The second-order valence-electron chi connectivity index (χ2n) is 1.92. The van der Waals surface area contributed by atoms with Crippen LogP contribution in [0.4, 0.5) is 0 Å². The summed E-state index contributed by atoms with van der Waals surface area (Å²) in [4.78, 5) is 4.12. The largest absolute Gasteiger partial charge is 0.481 e. The van der Waals surface area contributed by atoms with Crippen LogP contribution in [-0.2, 0) is 0 Å². The zero-order valence-electron chi connectivity index (χ0n) is 6.17. The molecular weight excluding hydrogens is 206 g/mol. The third-order valence-electron chi connectivity index (χ3n) is 1.25. The summed E-state index contributed by atoms with van der Waals surface area (Å²) in [5, 5.41) is 0. The van der Waals surface area contributed by atoms with Crippen molar-refractivity contribution in [3.8, 4) is 5.88 Å². The van der Waals surface area contributed by atoms with E-state index in [0.717, 1.165) is 10.2 Å². The van der Waals surface area contributed by atoms with E-state index in [1.165, 1.54) is 0 Å². The summed E-state index contributed by atoms with van der Waals surface area (Å²) in [5.74, 6) is 0.600. The van der Waals surface area contributed by atoms with E-state index in [9.17, 15) is 0 Å². The lowest BCUT2D eigenvalue weighted by molar-refractivity contribution is 0.397. The van der Waals surface area contributed by atoms with Gasteiger partial charge in [0, 0.05) is 10.5 Å². The molecule has 3 heteroatoms. The molecule has 0 amide bonds. The Morgan fingerprint density at radius 2 is 2.36 bits per heavy atom. The molecule has 2 nitrogen and oxygen atoms in total. The number of halogens is 1. The average Bonchev–Trinajstić information content (AvgIpc) is 2.05. The number of pyridine rings is 1. The fourth-order valence-corrected chi connectivity index (χ4v) is 1.08. The van der Waals surface area contributed by atoms with Gasteiger partial charge in [0.1, 0.15) is 0 Å². The van der Waals surface area contributed by atoms with Gasteiger partial charge in [-0.2, -0.15) is 0 Å². The van der Waals surface area contributed by atoms with Crippen molar-refractivity contribution in [2.45, 2.75) is 0 Å². The molecule has 0 saturated heterocycles. The van der Waals surface area contributed by atoms with Crippen LogP contribution in [0.25, 0.3) is 6.08 Å². The maximum atomic E-state index is 4.93. The Labute approximate surface area is 74.0 Å². The Balaban J connectivity index is 3.12. The zero-order valence-corrected chi connectivity index (χ0v) is 7.76. The zero-order chi connectivity index (χ0) is 8.27. The first-order chi connectivity index (χ1) is 5.27. The smallest absolute Gasteiger partial charge is 0.213 e. The van der Waals surface area contributed by atoms with E-state index in [1.54, 1.807) is 19.3 Å². The molecule has 1 heterocycles. The summed E-state index contributed by atoms with van der Waals surface area (Å²) in [5.41, 5.74) is 0.796. The predicted molar refractivity (Wildman–Crippen MR) is 48.6 cm³/mol. The Morgan fingerprint density at radius 3 is 2.91 bits per heavy atom. The maximum Gasteiger partial charge on any atom is 0.213 e. The molecule has 0 unspecified atom stereocenters. The Bertz CT molecular complexity index is 273.